The molecule has 88 valence electrons. The summed E-state index contributed by atoms with van der Waals surface area (Å²) in [6.45, 7) is 0. The molecule has 0 amide bonds. The number of hydrogen-bond donors (Lipinski definition) is 0. The van der Waals surface area contributed by atoms with E-state index in [-0.39, 0.29) is 0 Å². The first-order valence-electron chi connectivity index (χ1n) is 5.34. The predicted octanol–water partition coefficient (Wildman–Crippen LogP) is 4.23. The van der Waals surface area contributed by atoms with E-state index < -0.39 is 0 Å². The molecule has 0 aliphatic heterocycles. The number of methoxy groups -OCH3 is 1. The van der Waals surface area contributed by atoms with Crippen molar-refractivity contribution in [1.29, 1.82) is 0 Å². The van der Waals surface area contributed by atoms with Gasteiger partial charge in [-0.05, 0) is 40.2 Å². The van der Waals surface area contributed by atoms with Gasteiger partial charge in [0, 0.05) is 23.3 Å². The fourth-order valence-electron chi connectivity index (χ4n) is 1.68. The van der Waals surface area contributed by atoms with Gasteiger partial charge in [-0.25, -0.2) is 0 Å². The molecule has 0 saturated carbocycles. The van der Waals surface area contributed by atoms with Crippen molar-refractivity contribution in [3.8, 4) is 5.75 Å². The average molecular weight is 292 g/mol. The smallest absolute Gasteiger partial charge is 0.120 e. The largest absolute Gasteiger partial charge is 0.497 e. The van der Waals surface area contributed by atoms with Gasteiger partial charge in [-0.3, -0.25) is 0 Å². The van der Waals surface area contributed by atoms with Gasteiger partial charge in [0.2, 0.25) is 0 Å². The van der Waals surface area contributed by atoms with Gasteiger partial charge in [0.15, 0.2) is 0 Å². The summed E-state index contributed by atoms with van der Waals surface area (Å²) in [5, 5.41) is 0. The van der Waals surface area contributed by atoms with E-state index in [1.54, 1.807) is 7.11 Å². The van der Waals surface area contributed by atoms with Crippen LogP contribution in [0.5, 0.6) is 5.75 Å². The highest BCUT2D eigenvalue weighted by Gasteiger charge is 2.07. The Morgan fingerprint density at radius 1 is 1.06 bits per heavy atom. The zero-order valence-corrected chi connectivity index (χ0v) is 11.4. The number of rotatable bonds is 3. The van der Waals surface area contributed by atoms with Gasteiger partial charge < -0.3 is 9.64 Å². The van der Waals surface area contributed by atoms with Crippen LogP contribution in [-0.4, -0.2) is 14.2 Å². The molecule has 0 saturated heterocycles. The molecule has 0 aromatic heterocycles. The minimum absolute atomic E-state index is 0.862. The van der Waals surface area contributed by atoms with Crippen molar-refractivity contribution in [2.45, 2.75) is 0 Å². The molecule has 0 atom stereocenters. The molecule has 0 unspecified atom stereocenters. The normalized spacial score (nSPS) is 10.1. The van der Waals surface area contributed by atoms with Crippen LogP contribution in [0.1, 0.15) is 0 Å². The molecule has 0 aliphatic carbocycles. The molecular formula is C14H14BrNO. The predicted molar refractivity (Wildman–Crippen MR) is 75.2 cm³/mol. The van der Waals surface area contributed by atoms with E-state index >= 15 is 0 Å². The molecule has 0 N–H and O–H groups in total. The van der Waals surface area contributed by atoms with Crippen LogP contribution in [0, 0.1) is 0 Å². The summed E-state index contributed by atoms with van der Waals surface area (Å²) in [6, 6.07) is 16.1. The van der Waals surface area contributed by atoms with Gasteiger partial charge in [0.05, 0.1) is 12.8 Å². The van der Waals surface area contributed by atoms with E-state index in [1.807, 2.05) is 43.4 Å². The maximum absolute atomic E-state index is 5.23. The van der Waals surface area contributed by atoms with Crippen LogP contribution >= 0.6 is 15.9 Å². The monoisotopic (exact) mass is 291 g/mol. The number of hydrogen-bond acceptors (Lipinski definition) is 2. The highest BCUT2D eigenvalue weighted by molar-refractivity contribution is 9.10. The quantitative estimate of drug-likeness (QED) is 0.839. The summed E-state index contributed by atoms with van der Waals surface area (Å²) >= 11 is 3.56. The second-order valence-corrected chi connectivity index (χ2v) is 4.57. The molecule has 0 radical (unpaired) electrons. The molecule has 3 heteroatoms. The van der Waals surface area contributed by atoms with Crippen molar-refractivity contribution in [3.05, 3.63) is 53.0 Å². The fourth-order valence-corrected chi connectivity index (χ4v) is 2.23. The van der Waals surface area contributed by atoms with Crippen LogP contribution in [-0.2, 0) is 0 Å². The third-order valence-corrected chi connectivity index (χ3v) is 3.32. The highest BCUT2D eigenvalue weighted by atomic mass is 79.9. The van der Waals surface area contributed by atoms with Crippen LogP contribution in [0.15, 0.2) is 53.0 Å². The summed E-state index contributed by atoms with van der Waals surface area (Å²) in [6.07, 6.45) is 0. The number of anilines is 2. The van der Waals surface area contributed by atoms with Crippen molar-refractivity contribution in [1.82, 2.24) is 0 Å². The molecule has 0 bridgehead atoms. The topological polar surface area (TPSA) is 12.5 Å². The molecule has 2 rings (SSSR count). The zero-order chi connectivity index (χ0) is 12.3. The lowest BCUT2D eigenvalue weighted by atomic mass is 10.2. The Kier molecular flexibility index (Phi) is 3.69. The lowest BCUT2D eigenvalue weighted by Gasteiger charge is -2.21. The Bertz CT molecular complexity index is 513. The molecule has 0 aliphatic rings. The van der Waals surface area contributed by atoms with Gasteiger partial charge >= 0.3 is 0 Å². The minimum Gasteiger partial charge on any atom is -0.497 e. The maximum Gasteiger partial charge on any atom is 0.120 e. The van der Waals surface area contributed by atoms with Crippen molar-refractivity contribution in [2.75, 3.05) is 19.1 Å². The van der Waals surface area contributed by atoms with Gasteiger partial charge in [-0.2, -0.15) is 0 Å². The molecule has 2 aromatic rings. The van der Waals surface area contributed by atoms with E-state index in [9.17, 15) is 0 Å². The standard InChI is InChI=1S/C14H14BrNO/c1-16(14-9-4-3-8-13(14)15)11-6-5-7-12(10-11)17-2/h3-10H,1-2H3. The van der Waals surface area contributed by atoms with Crippen LogP contribution in [0.25, 0.3) is 0 Å². The Hall–Kier alpha value is -1.48. The first-order valence-corrected chi connectivity index (χ1v) is 6.14. The fraction of sp³-hybridized carbons (Fsp3) is 0.143. The lowest BCUT2D eigenvalue weighted by Crippen LogP contribution is -2.09. The number of ether oxygens (including phenoxy) is 1. The second kappa shape index (κ2) is 5.23. The number of halogens is 1. The van der Waals surface area contributed by atoms with Crippen LogP contribution in [0.2, 0.25) is 0 Å². The summed E-state index contributed by atoms with van der Waals surface area (Å²) < 4.78 is 6.31. The number of para-hydroxylation sites is 1. The van der Waals surface area contributed by atoms with Crippen LogP contribution < -0.4 is 9.64 Å². The first kappa shape index (κ1) is 12.0. The third kappa shape index (κ3) is 2.61. The molecule has 0 heterocycles. The summed E-state index contributed by atoms with van der Waals surface area (Å²) in [5.41, 5.74) is 2.22. The molecule has 0 spiro atoms. The molecule has 2 nitrogen and oxygen atoms in total. The average Bonchev–Trinajstić information content (AvgIpc) is 2.38. The van der Waals surface area contributed by atoms with Crippen LogP contribution in [0.3, 0.4) is 0 Å². The molecule has 0 fully saturated rings. The zero-order valence-electron chi connectivity index (χ0n) is 9.85. The second-order valence-electron chi connectivity index (χ2n) is 3.71. The van der Waals surface area contributed by atoms with E-state index in [4.69, 9.17) is 4.74 Å². The molecule has 2 aromatic carbocycles. The Labute approximate surface area is 110 Å². The SMILES string of the molecule is COc1cccc(N(C)c2ccccc2Br)c1. The Morgan fingerprint density at radius 2 is 1.82 bits per heavy atom. The summed E-state index contributed by atoms with van der Waals surface area (Å²) in [5.74, 6) is 0.862. The van der Waals surface area contributed by atoms with Gasteiger partial charge in [0.1, 0.15) is 5.75 Å². The van der Waals surface area contributed by atoms with E-state index in [0.717, 1.165) is 21.6 Å². The van der Waals surface area contributed by atoms with Crippen molar-refractivity contribution >= 4 is 27.3 Å². The van der Waals surface area contributed by atoms with Gasteiger partial charge in [-0.1, -0.05) is 18.2 Å². The molecule has 17 heavy (non-hydrogen) atoms. The summed E-state index contributed by atoms with van der Waals surface area (Å²) in [7, 11) is 3.71. The van der Waals surface area contributed by atoms with E-state index in [0.29, 0.717) is 0 Å². The number of nitrogens with zero attached hydrogens (tertiary/aromatic N) is 1. The molecular weight excluding hydrogens is 278 g/mol. The van der Waals surface area contributed by atoms with E-state index in [1.165, 1.54) is 0 Å². The lowest BCUT2D eigenvalue weighted by molar-refractivity contribution is 0.415. The highest BCUT2D eigenvalue weighted by Crippen LogP contribution is 2.31. The Balaban J connectivity index is 2.37. The number of benzene rings is 2. The van der Waals surface area contributed by atoms with Crippen LogP contribution in [0.4, 0.5) is 11.4 Å². The van der Waals surface area contributed by atoms with Crippen molar-refractivity contribution in [3.63, 3.8) is 0 Å². The van der Waals surface area contributed by atoms with E-state index in [2.05, 4.69) is 33.0 Å². The maximum atomic E-state index is 5.23. The van der Waals surface area contributed by atoms with Gasteiger partial charge in [0.25, 0.3) is 0 Å². The Morgan fingerprint density at radius 3 is 2.53 bits per heavy atom. The first-order chi connectivity index (χ1) is 8.22. The third-order valence-electron chi connectivity index (χ3n) is 2.65. The van der Waals surface area contributed by atoms with Crippen molar-refractivity contribution < 1.29 is 4.74 Å². The van der Waals surface area contributed by atoms with Crippen molar-refractivity contribution in [2.24, 2.45) is 0 Å². The summed E-state index contributed by atoms with van der Waals surface area (Å²) in [4.78, 5) is 2.12. The minimum atomic E-state index is 0.862. The van der Waals surface area contributed by atoms with Gasteiger partial charge in [-0.15, -0.1) is 0 Å².